The molecule has 0 spiro atoms. The van der Waals surface area contributed by atoms with Gasteiger partial charge in [0.25, 0.3) is 0 Å². The number of carbonyl (C=O) groups is 2. The number of hydrogen-bond donors (Lipinski definition) is 1. The van der Waals surface area contributed by atoms with Crippen LogP contribution >= 0.6 is 0 Å². The zero-order chi connectivity index (χ0) is 13.6. The number of alkyl carbamates (subject to hydrolysis) is 1. The van der Waals surface area contributed by atoms with Crippen LogP contribution in [0.25, 0.3) is 0 Å². The Morgan fingerprint density at radius 3 is 2.39 bits per heavy atom. The van der Waals surface area contributed by atoms with Gasteiger partial charge in [-0.25, -0.2) is 0 Å². The SMILES string of the molecule is CC(C)(C)OC(=O)NCC(=O)[Te]c1ccccc1. The van der Waals surface area contributed by atoms with Gasteiger partial charge in [-0.3, -0.25) is 0 Å². The number of benzene rings is 1. The number of rotatable bonds is 4. The van der Waals surface area contributed by atoms with Crippen LogP contribution in [-0.4, -0.2) is 43.0 Å². The van der Waals surface area contributed by atoms with E-state index in [2.05, 4.69) is 5.32 Å². The molecule has 98 valence electrons. The third kappa shape index (κ3) is 6.63. The van der Waals surface area contributed by atoms with E-state index in [1.165, 1.54) is 0 Å². The molecule has 0 bridgehead atoms. The second kappa shape index (κ2) is 6.77. The summed E-state index contributed by atoms with van der Waals surface area (Å²) in [5, 5.41) is 2.48. The Bertz CT molecular complexity index is 412. The van der Waals surface area contributed by atoms with Gasteiger partial charge in [-0.15, -0.1) is 0 Å². The van der Waals surface area contributed by atoms with Crippen LogP contribution in [0.15, 0.2) is 30.3 Å². The standard InChI is InChI=1S/C13H17NO3Te/c1-13(2,3)17-12(16)14-9-11(15)18-10-7-5-4-6-8-10/h4-8H,9H2,1-3H3,(H,14,16). The Morgan fingerprint density at radius 2 is 1.83 bits per heavy atom. The minimum absolute atomic E-state index is 0.0477. The average Bonchev–Trinajstić information content (AvgIpc) is 2.25. The van der Waals surface area contributed by atoms with Crippen molar-refractivity contribution in [1.82, 2.24) is 5.32 Å². The van der Waals surface area contributed by atoms with Gasteiger partial charge in [0.2, 0.25) is 0 Å². The Labute approximate surface area is 117 Å². The van der Waals surface area contributed by atoms with Gasteiger partial charge >= 0.3 is 117 Å². The summed E-state index contributed by atoms with van der Waals surface area (Å²) >= 11 is -0.898. The normalized spacial score (nSPS) is 10.8. The Kier molecular flexibility index (Phi) is 5.64. The summed E-state index contributed by atoms with van der Waals surface area (Å²) in [6, 6.07) is 9.62. The van der Waals surface area contributed by atoms with Crippen LogP contribution in [0.1, 0.15) is 20.8 Å². The predicted octanol–water partition coefficient (Wildman–Crippen LogP) is 1.07. The molecule has 1 amide bonds. The Morgan fingerprint density at radius 1 is 1.22 bits per heavy atom. The molecule has 1 aromatic rings. The molecule has 0 atom stereocenters. The van der Waals surface area contributed by atoms with Crippen LogP contribution in [0, 0.1) is 0 Å². The van der Waals surface area contributed by atoms with Gasteiger partial charge in [-0.1, -0.05) is 0 Å². The minimum atomic E-state index is -0.898. The van der Waals surface area contributed by atoms with Crippen molar-refractivity contribution < 1.29 is 14.3 Å². The fourth-order valence-electron chi connectivity index (χ4n) is 1.11. The maximum absolute atomic E-state index is 11.7. The van der Waals surface area contributed by atoms with Gasteiger partial charge in [0.1, 0.15) is 0 Å². The van der Waals surface area contributed by atoms with Crippen LogP contribution in [0.4, 0.5) is 4.79 Å². The molecular formula is C13H17NO3Te. The number of carbonyl (C=O) groups excluding carboxylic acids is 2. The van der Waals surface area contributed by atoms with Crippen LogP contribution in [-0.2, 0) is 9.53 Å². The molecule has 1 N–H and O–H groups in total. The van der Waals surface area contributed by atoms with E-state index in [1.807, 2.05) is 30.3 Å². The van der Waals surface area contributed by atoms with Crippen molar-refractivity contribution in [2.75, 3.05) is 6.54 Å². The molecule has 0 aliphatic carbocycles. The molecule has 0 saturated carbocycles. The summed E-state index contributed by atoms with van der Waals surface area (Å²) in [6.07, 6.45) is -0.545. The first-order valence-electron chi connectivity index (χ1n) is 5.59. The van der Waals surface area contributed by atoms with E-state index in [1.54, 1.807) is 20.8 Å². The average molecular weight is 363 g/mol. The molecule has 1 aromatic carbocycles. The molecule has 0 heterocycles. The fourth-order valence-corrected chi connectivity index (χ4v) is 3.11. The van der Waals surface area contributed by atoms with Crippen molar-refractivity contribution in [2.45, 2.75) is 26.4 Å². The molecule has 0 fully saturated rings. The van der Waals surface area contributed by atoms with Crippen molar-refractivity contribution in [3.8, 4) is 0 Å². The van der Waals surface area contributed by atoms with Crippen LogP contribution in [0.5, 0.6) is 0 Å². The molecule has 18 heavy (non-hydrogen) atoms. The number of hydrogen-bond acceptors (Lipinski definition) is 3. The molecule has 5 heteroatoms. The second-order valence-electron chi connectivity index (χ2n) is 4.64. The molecule has 0 aliphatic rings. The van der Waals surface area contributed by atoms with E-state index < -0.39 is 32.6 Å². The molecule has 0 aliphatic heterocycles. The zero-order valence-electron chi connectivity index (χ0n) is 10.7. The quantitative estimate of drug-likeness (QED) is 0.815. The second-order valence-corrected chi connectivity index (χ2v) is 7.87. The molecule has 0 radical (unpaired) electrons. The van der Waals surface area contributed by atoms with Gasteiger partial charge in [-0.05, 0) is 0 Å². The third-order valence-corrected chi connectivity index (χ3v) is 4.26. The van der Waals surface area contributed by atoms with Crippen molar-refractivity contribution in [3.63, 3.8) is 0 Å². The van der Waals surface area contributed by atoms with Crippen molar-refractivity contribution in [2.24, 2.45) is 0 Å². The Balaban J connectivity index is 2.32. The zero-order valence-corrected chi connectivity index (χ0v) is 13.1. The summed E-state index contributed by atoms with van der Waals surface area (Å²) < 4.78 is 6.20. The molecular weight excluding hydrogens is 346 g/mol. The van der Waals surface area contributed by atoms with Crippen LogP contribution in [0.2, 0.25) is 0 Å². The fraction of sp³-hybridized carbons (Fsp3) is 0.385. The first-order chi connectivity index (χ1) is 8.37. The molecule has 0 unspecified atom stereocenters. The number of amides is 1. The first-order valence-corrected chi connectivity index (χ1v) is 7.92. The summed E-state index contributed by atoms with van der Waals surface area (Å²) in [7, 11) is 0. The van der Waals surface area contributed by atoms with Gasteiger partial charge in [0.15, 0.2) is 0 Å². The predicted molar refractivity (Wildman–Crippen MR) is 71.1 cm³/mol. The first kappa shape index (κ1) is 15.0. The van der Waals surface area contributed by atoms with Gasteiger partial charge in [0.05, 0.1) is 0 Å². The van der Waals surface area contributed by atoms with E-state index >= 15 is 0 Å². The number of ether oxygens (including phenoxy) is 1. The molecule has 0 saturated heterocycles. The summed E-state index contributed by atoms with van der Waals surface area (Å²) in [6.45, 7) is 5.40. The number of nitrogens with one attached hydrogen (secondary N) is 1. The van der Waals surface area contributed by atoms with Crippen molar-refractivity contribution in [3.05, 3.63) is 30.3 Å². The van der Waals surface area contributed by atoms with Gasteiger partial charge < -0.3 is 0 Å². The summed E-state index contributed by atoms with van der Waals surface area (Å²) in [5.41, 5.74) is -0.538. The molecule has 0 aromatic heterocycles. The van der Waals surface area contributed by atoms with Crippen molar-refractivity contribution >= 4 is 34.5 Å². The van der Waals surface area contributed by atoms with Crippen LogP contribution in [0.3, 0.4) is 0 Å². The van der Waals surface area contributed by atoms with Crippen LogP contribution < -0.4 is 8.93 Å². The van der Waals surface area contributed by atoms with Gasteiger partial charge in [-0.2, -0.15) is 0 Å². The summed E-state index contributed by atoms with van der Waals surface area (Å²) in [4.78, 5) is 23.0. The van der Waals surface area contributed by atoms with E-state index in [9.17, 15) is 9.59 Å². The molecule has 1 rings (SSSR count). The topological polar surface area (TPSA) is 55.4 Å². The summed E-state index contributed by atoms with van der Waals surface area (Å²) in [5.74, 6) is 0. The van der Waals surface area contributed by atoms with E-state index in [-0.39, 0.29) is 10.4 Å². The monoisotopic (exact) mass is 365 g/mol. The van der Waals surface area contributed by atoms with E-state index in [0.29, 0.717) is 0 Å². The maximum atomic E-state index is 11.7. The Hall–Kier alpha value is -1.05. The van der Waals surface area contributed by atoms with E-state index in [0.717, 1.165) is 3.61 Å². The molecule has 4 nitrogen and oxygen atoms in total. The van der Waals surface area contributed by atoms with Crippen molar-refractivity contribution in [1.29, 1.82) is 0 Å². The third-order valence-electron chi connectivity index (χ3n) is 1.75. The van der Waals surface area contributed by atoms with Gasteiger partial charge in [0, 0.05) is 0 Å². The van der Waals surface area contributed by atoms with E-state index in [4.69, 9.17) is 4.74 Å².